The van der Waals surface area contributed by atoms with Crippen LogP contribution in [0.3, 0.4) is 0 Å². The normalized spacial score (nSPS) is 9.92. The molecule has 0 heterocycles. The van der Waals surface area contributed by atoms with Crippen molar-refractivity contribution in [3.63, 3.8) is 0 Å². The van der Waals surface area contributed by atoms with Crippen molar-refractivity contribution in [2.24, 2.45) is 5.73 Å². The Bertz CT molecular complexity index is 261. The van der Waals surface area contributed by atoms with E-state index in [4.69, 9.17) is 5.73 Å². The third-order valence-corrected chi connectivity index (χ3v) is 1.64. The molecular formula is C9H13FN2. The van der Waals surface area contributed by atoms with Crippen LogP contribution >= 0.6 is 0 Å². The number of rotatable bonds is 3. The van der Waals surface area contributed by atoms with Crippen molar-refractivity contribution in [3.8, 4) is 0 Å². The molecule has 0 fully saturated rings. The fourth-order valence-electron chi connectivity index (χ4n) is 1.02. The maximum Gasteiger partial charge on any atom is 0.146 e. The van der Waals surface area contributed by atoms with Crippen LogP contribution < -0.4 is 11.1 Å². The molecular weight excluding hydrogens is 155 g/mol. The minimum atomic E-state index is -0.236. The molecule has 0 aliphatic heterocycles. The lowest BCUT2D eigenvalue weighted by Gasteiger charge is -2.05. The Morgan fingerprint density at radius 2 is 2.25 bits per heavy atom. The topological polar surface area (TPSA) is 38.0 Å². The first-order valence-electron chi connectivity index (χ1n) is 4.00. The van der Waals surface area contributed by atoms with Gasteiger partial charge in [-0.1, -0.05) is 6.07 Å². The summed E-state index contributed by atoms with van der Waals surface area (Å²) in [7, 11) is 0. The van der Waals surface area contributed by atoms with Crippen molar-refractivity contribution in [1.29, 1.82) is 0 Å². The zero-order valence-electron chi connectivity index (χ0n) is 7.10. The molecule has 3 heteroatoms. The molecule has 1 rings (SSSR count). The number of nitrogens with one attached hydrogen (secondary N) is 1. The van der Waals surface area contributed by atoms with E-state index in [2.05, 4.69) is 5.32 Å². The predicted molar refractivity (Wildman–Crippen MR) is 48.5 cm³/mol. The lowest BCUT2D eigenvalue weighted by Crippen LogP contribution is -2.01. The molecule has 0 saturated heterocycles. The van der Waals surface area contributed by atoms with Gasteiger partial charge in [0, 0.05) is 13.1 Å². The number of nitrogens with two attached hydrogens (primary N) is 1. The summed E-state index contributed by atoms with van der Waals surface area (Å²) >= 11 is 0. The van der Waals surface area contributed by atoms with Gasteiger partial charge in [-0.15, -0.1) is 0 Å². The molecule has 0 aliphatic rings. The first-order chi connectivity index (χ1) is 5.77. The molecule has 0 spiro atoms. The van der Waals surface area contributed by atoms with Crippen molar-refractivity contribution in [2.75, 3.05) is 11.9 Å². The average molecular weight is 168 g/mol. The van der Waals surface area contributed by atoms with Crippen LogP contribution in [-0.4, -0.2) is 6.54 Å². The van der Waals surface area contributed by atoms with Crippen molar-refractivity contribution < 1.29 is 4.39 Å². The predicted octanol–water partition coefficient (Wildman–Crippen LogP) is 1.72. The van der Waals surface area contributed by atoms with E-state index < -0.39 is 0 Å². The highest BCUT2D eigenvalue weighted by atomic mass is 19.1. The Hall–Kier alpha value is -1.09. The molecule has 0 bridgehead atoms. The summed E-state index contributed by atoms with van der Waals surface area (Å²) in [4.78, 5) is 0. The molecule has 0 radical (unpaired) electrons. The lowest BCUT2D eigenvalue weighted by atomic mass is 10.2. The van der Waals surface area contributed by atoms with Gasteiger partial charge in [-0.25, -0.2) is 4.39 Å². The molecule has 0 aliphatic carbocycles. The van der Waals surface area contributed by atoms with E-state index in [1.54, 1.807) is 6.07 Å². The first-order valence-corrected chi connectivity index (χ1v) is 4.00. The zero-order valence-corrected chi connectivity index (χ0v) is 7.10. The van der Waals surface area contributed by atoms with Gasteiger partial charge in [-0.2, -0.15) is 0 Å². The number of hydrogen-bond donors (Lipinski definition) is 2. The summed E-state index contributed by atoms with van der Waals surface area (Å²) in [5.41, 5.74) is 6.71. The van der Waals surface area contributed by atoms with E-state index in [0.717, 1.165) is 12.1 Å². The SMILES string of the molecule is CCNc1ccc(CN)cc1F. The van der Waals surface area contributed by atoms with E-state index in [-0.39, 0.29) is 5.82 Å². The van der Waals surface area contributed by atoms with Gasteiger partial charge >= 0.3 is 0 Å². The van der Waals surface area contributed by atoms with E-state index in [1.165, 1.54) is 6.07 Å². The van der Waals surface area contributed by atoms with Crippen molar-refractivity contribution in [3.05, 3.63) is 29.6 Å². The van der Waals surface area contributed by atoms with Crippen molar-refractivity contribution >= 4 is 5.69 Å². The largest absolute Gasteiger partial charge is 0.383 e. The molecule has 0 amide bonds. The molecule has 1 aromatic carbocycles. The fraction of sp³-hybridized carbons (Fsp3) is 0.333. The van der Waals surface area contributed by atoms with Gasteiger partial charge in [0.15, 0.2) is 0 Å². The Balaban J connectivity index is 2.87. The number of anilines is 1. The number of benzene rings is 1. The van der Waals surface area contributed by atoms with Crippen LogP contribution in [-0.2, 0) is 6.54 Å². The highest BCUT2D eigenvalue weighted by Crippen LogP contribution is 2.14. The summed E-state index contributed by atoms with van der Waals surface area (Å²) in [5.74, 6) is -0.236. The molecule has 3 N–H and O–H groups in total. The maximum atomic E-state index is 13.1. The molecule has 0 aromatic heterocycles. The molecule has 1 aromatic rings. The average Bonchev–Trinajstić information content (AvgIpc) is 2.09. The van der Waals surface area contributed by atoms with Crippen LogP contribution in [0.15, 0.2) is 18.2 Å². The van der Waals surface area contributed by atoms with Gasteiger partial charge in [0.25, 0.3) is 0 Å². The van der Waals surface area contributed by atoms with Crippen molar-refractivity contribution in [1.82, 2.24) is 0 Å². The molecule has 12 heavy (non-hydrogen) atoms. The van der Waals surface area contributed by atoms with Crippen LogP contribution in [0, 0.1) is 5.82 Å². The van der Waals surface area contributed by atoms with Crippen molar-refractivity contribution in [2.45, 2.75) is 13.5 Å². The smallest absolute Gasteiger partial charge is 0.146 e. The second-order valence-electron chi connectivity index (χ2n) is 2.55. The first kappa shape index (κ1) is 9.00. The van der Waals surface area contributed by atoms with Crippen LogP contribution in [0.4, 0.5) is 10.1 Å². The molecule has 0 saturated carbocycles. The number of halogens is 1. The van der Waals surface area contributed by atoms with Gasteiger partial charge in [-0.3, -0.25) is 0 Å². The third-order valence-electron chi connectivity index (χ3n) is 1.64. The Labute approximate surface area is 71.6 Å². The summed E-state index contributed by atoms with van der Waals surface area (Å²) in [6.07, 6.45) is 0. The zero-order chi connectivity index (χ0) is 8.97. The van der Waals surface area contributed by atoms with Crippen LogP contribution in [0.1, 0.15) is 12.5 Å². The molecule has 2 nitrogen and oxygen atoms in total. The third kappa shape index (κ3) is 1.95. The van der Waals surface area contributed by atoms with Gasteiger partial charge in [0.05, 0.1) is 5.69 Å². The summed E-state index contributed by atoms with van der Waals surface area (Å²) in [6.45, 7) is 3.03. The van der Waals surface area contributed by atoms with Gasteiger partial charge in [-0.05, 0) is 24.6 Å². The highest BCUT2D eigenvalue weighted by molar-refractivity contribution is 5.46. The monoisotopic (exact) mass is 168 g/mol. The molecule has 0 unspecified atom stereocenters. The molecule has 0 atom stereocenters. The summed E-state index contributed by atoms with van der Waals surface area (Å²) in [5, 5.41) is 2.91. The quantitative estimate of drug-likeness (QED) is 0.721. The standard InChI is InChI=1S/C9H13FN2/c1-2-12-9-4-3-7(6-11)5-8(9)10/h3-5,12H,2,6,11H2,1H3. The van der Waals surface area contributed by atoms with Gasteiger partial charge in [0.1, 0.15) is 5.82 Å². The fourth-order valence-corrected chi connectivity index (χ4v) is 1.02. The highest BCUT2D eigenvalue weighted by Gasteiger charge is 2.00. The van der Waals surface area contributed by atoms with Crippen LogP contribution in [0.2, 0.25) is 0 Å². The lowest BCUT2D eigenvalue weighted by molar-refractivity contribution is 0.628. The Morgan fingerprint density at radius 3 is 2.75 bits per heavy atom. The van der Waals surface area contributed by atoms with Gasteiger partial charge in [0.2, 0.25) is 0 Å². The second-order valence-corrected chi connectivity index (χ2v) is 2.55. The maximum absolute atomic E-state index is 13.1. The summed E-state index contributed by atoms with van der Waals surface area (Å²) in [6, 6.07) is 4.99. The van der Waals surface area contributed by atoms with E-state index >= 15 is 0 Å². The minimum absolute atomic E-state index is 0.236. The molecule has 66 valence electrons. The van der Waals surface area contributed by atoms with E-state index in [1.807, 2.05) is 13.0 Å². The minimum Gasteiger partial charge on any atom is -0.383 e. The summed E-state index contributed by atoms with van der Waals surface area (Å²) < 4.78 is 13.1. The second kappa shape index (κ2) is 4.07. The van der Waals surface area contributed by atoms with Crippen LogP contribution in [0.5, 0.6) is 0 Å². The number of hydrogen-bond acceptors (Lipinski definition) is 2. The van der Waals surface area contributed by atoms with Gasteiger partial charge < -0.3 is 11.1 Å². The van der Waals surface area contributed by atoms with E-state index in [0.29, 0.717) is 12.2 Å². The van der Waals surface area contributed by atoms with E-state index in [9.17, 15) is 4.39 Å². The Morgan fingerprint density at radius 1 is 1.50 bits per heavy atom. The van der Waals surface area contributed by atoms with Crippen LogP contribution in [0.25, 0.3) is 0 Å². The Kier molecular flexibility index (Phi) is 3.05.